The van der Waals surface area contributed by atoms with Gasteiger partial charge < -0.3 is 4.74 Å². The van der Waals surface area contributed by atoms with Crippen LogP contribution in [0.2, 0.25) is 0 Å². The minimum Gasteiger partial charge on any atom is -0.490 e. The average Bonchev–Trinajstić information content (AvgIpc) is 2.61. The van der Waals surface area contributed by atoms with Crippen LogP contribution in [-0.4, -0.2) is 6.61 Å². The van der Waals surface area contributed by atoms with Crippen molar-refractivity contribution in [2.75, 3.05) is 6.61 Å². The predicted molar refractivity (Wildman–Crippen MR) is 98.1 cm³/mol. The molecule has 3 saturated carbocycles. The van der Waals surface area contributed by atoms with Gasteiger partial charge in [0.05, 0.1) is 0 Å². The third-order valence-corrected chi connectivity index (χ3v) is 6.40. The smallest absolute Gasteiger partial charge is 0.119 e. The van der Waals surface area contributed by atoms with Crippen LogP contribution in [0.5, 0.6) is 5.75 Å². The quantitative estimate of drug-likeness (QED) is 0.527. The zero-order valence-corrected chi connectivity index (χ0v) is 14.9. The number of ether oxygens (including phenoxy) is 1. The van der Waals surface area contributed by atoms with Crippen molar-refractivity contribution in [1.82, 2.24) is 0 Å². The SMILES string of the molecule is CC/C=C/COc1ccc(C23CCC(CCC)(CC2)CC3)cc1. The molecule has 0 aromatic heterocycles. The van der Waals surface area contributed by atoms with Crippen molar-refractivity contribution >= 4 is 0 Å². The fourth-order valence-electron chi connectivity index (χ4n) is 4.89. The maximum Gasteiger partial charge on any atom is 0.119 e. The fourth-order valence-corrected chi connectivity index (χ4v) is 4.89. The highest BCUT2D eigenvalue weighted by Crippen LogP contribution is 2.59. The van der Waals surface area contributed by atoms with Crippen LogP contribution in [0.1, 0.15) is 77.2 Å². The van der Waals surface area contributed by atoms with Gasteiger partial charge in [-0.3, -0.25) is 0 Å². The molecule has 0 heterocycles. The maximum absolute atomic E-state index is 5.79. The Balaban J connectivity index is 1.63. The van der Waals surface area contributed by atoms with Gasteiger partial charge in [0.1, 0.15) is 12.4 Å². The van der Waals surface area contributed by atoms with Gasteiger partial charge in [0.15, 0.2) is 0 Å². The minimum absolute atomic E-state index is 0.468. The van der Waals surface area contributed by atoms with E-state index < -0.39 is 0 Å². The second-order valence-corrected chi connectivity index (χ2v) is 7.75. The van der Waals surface area contributed by atoms with Gasteiger partial charge in [-0.05, 0) is 79.9 Å². The molecule has 23 heavy (non-hydrogen) atoms. The molecule has 1 nitrogen and oxygen atoms in total. The third-order valence-electron chi connectivity index (χ3n) is 6.40. The van der Waals surface area contributed by atoms with E-state index >= 15 is 0 Å². The Kier molecular flexibility index (Phi) is 5.14. The van der Waals surface area contributed by atoms with Crippen LogP contribution in [0.3, 0.4) is 0 Å². The number of benzene rings is 1. The molecule has 1 aromatic rings. The zero-order valence-electron chi connectivity index (χ0n) is 14.9. The van der Waals surface area contributed by atoms with Gasteiger partial charge in [0, 0.05) is 0 Å². The lowest BCUT2D eigenvalue weighted by molar-refractivity contribution is 0.0320. The first-order valence-electron chi connectivity index (χ1n) is 9.60. The number of allylic oxidation sites excluding steroid dienone is 1. The summed E-state index contributed by atoms with van der Waals surface area (Å²) in [6, 6.07) is 9.01. The monoisotopic (exact) mass is 312 g/mol. The van der Waals surface area contributed by atoms with Crippen LogP contribution in [0.4, 0.5) is 0 Å². The standard InChI is InChI=1S/C22H32O/c1-3-5-6-18-23-20-9-7-19(8-10-20)22-15-12-21(11-4-2,13-16-22)14-17-22/h5-10H,3-4,11-18H2,1-2H3/b6-5+. The molecule has 3 aliphatic carbocycles. The molecule has 126 valence electrons. The van der Waals surface area contributed by atoms with Crippen LogP contribution in [0.25, 0.3) is 0 Å². The molecular formula is C22H32O. The van der Waals surface area contributed by atoms with Gasteiger partial charge in [0.25, 0.3) is 0 Å². The molecule has 0 unspecified atom stereocenters. The summed E-state index contributed by atoms with van der Waals surface area (Å²) >= 11 is 0. The van der Waals surface area contributed by atoms with Crippen molar-refractivity contribution < 1.29 is 4.74 Å². The Morgan fingerprint density at radius 2 is 1.57 bits per heavy atom. The van der Waals surface area contributed by atoms with Gasteiger partial charge in [-0.25, -0.2) is 0 Å². The fraction of sp³-hybridized carbons (Fsp3) is 0.636. The summed E-state index contributed by atoms with van der Waals surface area (Å²) in [5.41, 5.74) is 2.72. The van der Waals surface area contributed by atoms with Crippen molar-refractivity contribution in [2.45, 2.75) is 77.0 Å². The number of rotatable bonds is 7. The second kappa shape index (κ2) is 7.11. The number of hydrogen-bond acceptors (Lipinski definition) is 1. The van der Waals surface area contributed by atoms with E-state index in [1.165, 1.54) is 51.4 Å². The second-order valence-electron chi connectivity index (χ2n) is 7.75. The Morgan fingerprint density at radius 1 is 0.913 bits per heavy atom. The Bertz CT molecular complexity index is 501. The van der Waals surface area contributed by atoms with Gasteiger partial charge >= 0.3 is 0 Å². The molecule has 3 aliphatic rings. The van der Waals surface area contributed by atoms with Crippen molar-refractivity contribution in [2.24, 2.45) is 5.41 Å². The van der Waals surface area contributed by atoms with Gasteiger partial charge in [-0.2, -0.15) is 0 Å². The predicted octanol–water partition coefficient (Wildman–Crippen LogP) is 6.42. The van der Waals surface area contributed by atoms with Crippen molar-refractivity contribution in [3.8, 4) is 5.75 Å². The van der Waals surface area contributed by atoms with E-state index in [-0.39, 0.29) is 0 Å². The van der Waals surface area contributed by atoms with Crippen LogP contribution < -0.4 is 4.74 Å². The van der Waals surface area contributed by atoms with E-state index in [0.717, 1.165) is 12.2 Å². The summed E-state index contributed by atoms with van der Waals surface area (Å²) in [4.78, 5) is 0. The minimum atomic E-state index is 0.468. The highest BCUT2D eigenvalue weighted by atomic mass is 16.5. The highest BCUT2D eigenvalue weighted by molar-refractivity contribution is 5.34. The van der Waals surface area contributed by atoms with Crippen molar-refractivity contribution in [3.63, 3.8) is 0 Å². The van der Waals surface area contributed by atoms with E-state index in [0.29, 0.717) is 17.4 Å². The Hall–Kier alpha value is -1.24. The van der Waals surface area contributed by atoms with Crippen LogP contribution >= 0.6 is 0 Å². The molecule has 1 aromatic carbocycles. The first kappa shape index (κ1) is 16.6. The number of hydrogen-bond donors (Lipinski definition) is 0. The number of fused-ring (bicyclic) bond motifs is 3. The lowest BCUT2D eigenvalue weighted by atomic mass is 9.51. The Labute approximate surface area is 142 Å². The topological polar surface area (TPSA) is 9.23 Å². The van der Waals surface area contributed by atoms with Crippen LogP contribution in [-0.2, 0) is 5.41 Å². The molecule has 1 heteroatoms. The van der Waals surface area contributed by atoms with Crippen LogP contribution in [0, 0.1) is 5.41 Å². The summed E-state index contributed by atoms with van der Waals surface area (Å²) in [5.74, 6) is 0.998. The summed E-state index contributed by atoms with van der Waals surface area (Å²) in [5, 5.41) is 0. The summed E-state index contributed by atoms with van der Waals surface area (Å²) < 4.78 is 5.79. The molecule has 0 atom stereocenters. The van der Waals surface area contributed by atoms with E-state index in [9.17, 15) is 0 Å². The van der Waals surface area contributed by atoms with Crippen molar-refractivity contribution in [1.29, 1.82) is 0 Å². The molecule has 3 fully saturated rings. The molecule has 0 spiro atoms. The average molecular weight is 312 g/mol. The van der Waals surface area contributed by atoms with E-state index in [2.05, 4.69) is 50.3 Å². The largest absolute Gasteiger partial charge is 0.490 e. The zero-order chi connectivity index (χ0) is 16.2. The van der Waals surface area contributed by atoms with Crippen LogP contribution in [0.15, 0.2) is 36.4 Å². The molecule has 0 amide bonds. The molecule has 0 radical (unpaired) electrons. The maximum atomic E-state index is 5.79. The van der Waals surface area contributed by atoms with E-state index in [1.807, 2.05) is 0 Å². The van der Waals surface area contributed by atoms with Crippen molar-refractivity contribution in [3.05, 3.63) is 42.0 Å². The summed E-state index contributed by atoms with van der Waals surface area (Å²) in [6.45, 7) is 5.17. The van der Waals surface area contributed by atoms with Gasteiger partial charge in [0.2, 0.25) is 0 Å². The molecule has 0 N–H and O–H groups in total. The summed E-state index contributed by atoms with van der Waals surface area (Å²) in [6.07, 6.45) is 16.6. The van der Waals surface area contributed by atoms with Gasteiger partial charge in [-0.1, -0.05) is 44.6 Å². The van der Waals surface area contributed by atoms with Gasteiger partial charge in [-0.15, -0.1) is 0 Å². The first-order chi connectivity index (χ1) is 11.2. The third kappa shape index (κ3) is 3.49. The molecule has 2 bridgehead atoms. The molecular weight excluding hydrogens is 280 g/mol. The summed E-state index contributed by atoms with van der Waals surface area (Å²) in [7, 11) is 0. The lowest BCUT2D eigenvalue weighted by Gasteiger charge is -2.54. The molecule has 4 rings (SSSR count). The normalized spacial score (nSPS) is 30.0. The van der Waals surface area contributed by atoms with E-state index in [1.54, 1.807) is 5.56 Å². The lowest BCUT2D eigenvalue weighted by Crippen LogP contribution is -2.44. The molecule has 0 saturated heterocycles. The highest BCUT2D eigenvalue weighted by Gasteiger charge is 2.48. The first-order valence-corrected chi connectivity index (χ1v) is 9.60. The molecule has 0 aliphatic heterocycles. The Morgan fingerprint density at radius 3 is 2.13 bits per heavy atom. The van der Waals surface area contributed by atoms with E-state index in [4.69, 9.17) is 4.74 Å².